The van der Waals surface area contributed by atoms with E-state index in [-0.39, 0.29) is 6.04 Å². The molecule has 0 radical (unpaired) electrons. The Morgan fingerprint density at radius 3 is 2.62 bits per heavy atom. The van der Waals surface area contributed by atoms with Crippen LogP contribution in [0.1, 0.15) is 17.2 Å². The van der Waals surface area contributed by atoms with Crippen LogP contribution in [0.25, 0.3) is 5.70 Å². The van der Waals surface area contributed by atoms with Gasteiger partial charge < -0.3 is 14.8 Å². The van der Waals surface area contributed by atoms with E-state index in [4.69, 9.17) is 9.47 Å². The van der Waals surface area contributed by atoms with Gasteiger partial charge >= 0.3 is 0 Å². The largest absolute Gasteiger partial charge is 0.497 e. The molecule has 0 aliphatic carbocycles. The van der Waals surface area contributed by atoms with Crippen LogP contribution in [0.5, 0.6) is 11.5 Å². The van der Waals surface area contributed by atoms with Crippen LogP contribution < -0.4 is 14.8 Å². The van der Waals surface area contributed by atoms with Gasteiger partial charge in [0.1, 0.15) is 17.5 Å². The average molecular weight is 414 g/mol. The molecule has 0 saturated carbocycles. The van der Waals surface area contributed by atoms with Crippen LogP contribution in [0.15, 0.2) is 53.0 Å². The van der Waals surface area contributed by atoms with Gasteiger partial charge in [-0.15, -0.1) is 0 Å². The second-order valence-corrected chi connectivity index (χ2v) is 6.63. The molecule has 7 nitrogen and oxygen atoms in total. The van der Waals surface area contributed by atoms with Gasteiger partial charge in [0.05, 0.1) is 14.2 Å². The lowest BCUT2D eigenvalue weighted by Gasteiger charge is -2.25. The van der Waals surface area contributed by atoms with Crippen LogP contribution in [0.4, 0.5) is 5.95 Å². The van der Waals surface area contributed by atoms with Crippen molar-refractivity contribution in [3.63, 3.8) is 0 Å². The van der Waals surface area contributed by atoms with E-state index in [2.05, 4.69) is 42.8 Å². The van der Waals surface area contributed by atoms with Gasteiger partial charge in [-0.25, -0.2) is 0 Å². The van der Waals surface area contributed by atoms with Crippen LogP contribution in [0, 0.1) is 0 Å². The zero-order valence-corrected chi connectivity index (χ0v) is 15.8. The van der Waals surface area contributed by atoms with E-state index in [9.17, 15) is 0 Å². The molecule has 8 heteroatoms. The molecule has 2 aromatic carbocycles. The van der Waals surface area contributed by atoms with E-state index in [0.717, 1.165) is 27.0 Å². The van der Waals surface area contributed by atoms with Gasteiger partial charge in [-0.2, -0.15) is 4.68 Å². The van der Waals surface area contributed by atoms with Crippen molar-refractivity contribution >= 4 is 27.6 Å². The van der Waals surface area contributed by atoms with Gasteiger partial charge in [0.15, 0.2) is 0 Å². The van der Waals surface area contributed by atoms with Crippen molar-refractivity contribution in [3.8, 4) is 11.5 Å². The lowest BCUT2D eigenvalue weighted by Crippen LogP contribution is -2.20. The molecule has 1 aliphatic rings. The molecule has 1 aromatic heterocycles. The van der Waals surface area contributed by atoms with E-state index in [0.29, 0.717) is 11.7 Å². The molecule has 1 atom stereocenters. The molecule has 0 saturated heterocycles. The van der Waals surface area contributed by atoms with Gasteiger partial charge in [0.2, 0.25) is 5.95 Å². The lowest BCUT2D eigenvalue weighted by molar-refractivity contribution is 0.387. The number of benzene rings is 2. The minimum atomic E-state index is -0.208. The first-order chi connectivity index (χ1) is 12.7. The highest BCUT2D eigenvalue weighted by molar-refractivity contribution is 9.10. The normalized spacial score (nSPS) is 15.7. The monoisotopic (exact) mass is 413 g/mol. The SMILES string of the molecule is COc1ccc([C@H]2C=C(c3ccc(Br)cc3)Nc3nnnn32)c(OC)c1. The molecule has 0 spiro atoms. The summed E-state index contributed by atoms with van der Waals surface area (Å²) in [5, 5.41) is 15.3. The molecule has 3 aromatic rings. The number of ether oxygens (including phenoxy) is 2. The number of tetrazole rings is 1. The standard InChI is InChI=1S/C18H16BrN5O2/c1-25-13-7-8-14(17(9-13)26-2)16-10-15(11-3-5-12(19)6-4-11)20-18-21-22-23-24(16)18/h3-10,16H,1-2H3,(H,20,21,23)/t16-/m1/s1. The topological polar surface area (TPSA) is 74.1 Å². The van der Waals surface area contributed by atoms with Gasteiger partial charge in [-0.1, -0.05) is 33.2 Å². The maximum atomic E-state index is 5.57. The van der Waals surface area contributed by atoms with Crippen molar-refractivity contribution in [2.75, 3.05) is 19.5 Å². The van der Waals surface area contributed by atoms with E-state index < -0.39 is 0 Å². The van der Waals surface area contributed by atoms with E-state index in [1.54, 1.807) is 18.9 Å². The zero-order chi connectivity index (χ0) is 18.1. The summed E-state index contributed by atoms with van der Waals surface area (Å²) < 4.78 is 13.6. The molecule has 132 valence electrons. The third-order valence-electron chi connectivity index (χ3n) is 4.24. The van der Waals surface area contributed by atoms with E-state index >= 15 is 0 Å². The summed E-state index contributed by atoms with van der Waals surface area (Å²) in [5.41, 5.74) is 2.92. The molecule has 2 heterocycles. The van der Waals surface area contributed by atoms with Gasteiger partial charge in [-0.3, -0.25) is 0 Å². The number of anilines is 1. The second kappa shape index (κ2) is 6.80. The third kappa shape index (κ3) is 2.92. The number of halogens is 1. The van der Waals surface area contributed by atoms with Crippen molar-refractivity contribution < 1.29 is 9.47 Å². The summed E-state index contributed by atoms with van der Waals surface area (Å²) in [6.07, 6.45) is 2.08. The highest BCUT2D eigenvalue weighted by Gasteiger charge is 2.26. The molecule has 1 aliphatic heterocycles. The Morgan fingerprint density at radius 1 is 1.08 bits per heavy atom. The highest BCUT2D eigenvalue weighted by atomic mass is 79.9. The van der Waals surface area contributed by atoms with Crippen molar-refractivity contribution in [3.05, 3.63) is 64.1 Å². The fourth-order valence-electron chi connectivity index (χ4n) is 2.94. The van der Waals surface area contributed by atoms with E-state index in [1.165, 1.54) is 0 Å². The van der Waals surface area contributed by atoms with Crippen molar-refractivity contribution in [2.24, 2.45) is 0 Å². The minimum Gasteiger partial charge on any atom is -0.497 e. The summed E-state index contributed by atoms with van der Waals surface area (Å²) >= 11 is 3.47. The number of nitrogens with zero attached hydrogens (tertiary/aromatic N) is 4. The van der Waals surface area contributed by atoms with Gasteiger partial charge in [0, 0.05) is 21.8 Å². The summed E-state index contributed by atoms with van der Waals surface area (Å²) in [6, 6.07) is 13.6. The minimum absolute atomic E-state index is 0.208. The Kier molecular flexibility index (Phi) is 4.34. The van der Waals surface area contributed by atoms with Crippen molar-refractivity contribution in [1.29, 1.82) is 0 Å². The van der Waals surface area contributed by atoms with Gasteiger partial charge in [-0.05, 0) is 46.3 Å². The first kappa shape index (κ1) is 16.6. The summed E-state index contributed by atoms with van der Waals surface area (Å²) in [5.74, 6) is 2.02. The maximum absolute atomic E-state index is 5.57. The summed E-state index contributed by atoms with van der Waals surface area (Å²) in [4.78, 5) is 0. The third-order valence-corrected chi connectivity index (χ3v) is 4.77. The molecule has 26 heavy (non-hydrogen) atoms. The number of methoxy groups -OCH3 is 2. The van der Waals surface area contributed by atoms with Crippen LogP contribution in [0.3, 0.4) is 0 Å². The van der Waals surface area contributed by atoms with Crippen LogP contribution in [-0.4, -0.2) is 34.4 Å². The maximum Gasteiger partial charge on any atom is 0.248 e. The van der Waals surface area contributed by atoms with Crippen molar-refractivity contribution in [2.45, 2.75) is 6.04 Å². The quantitative estimate of drug-likeness (QED) is 0.705. The van der Waals surface area contributed by atoms with Crippen molar-refractivity contribution in [1.82, 2.24) is 20.2 Å². The number of hydrogen-bond acceptors (Lipinski definition) is 6. The Morgan fingerprint density at radius 2 is 1.88 bits per heavy atom. The number of hydrogen-bond donors (Lipinski definition) is 1. The number of aromatic nitrogens is 4. The van der Waals surface area contributed by atoms with Crippen LogP contribution >= 0.6 is 15.9 Å². The Balaban J connectivity index is 1.82. The van der Waals surface area contributed by atoms with Crippen LogP contribution in [-0.2, 0) is 0 Å². The van der Waals surface area contributed by atoms with Crippen LogP contribution in [0.2, 0.25) is 0 Å². The second-order valence-electron chi connectivity index (χ2n) is 5.71. The molecule has 1 N–H and O–H groups in total. The first-order valence-corrected chi connectivity index (χ1v) is 8.73. The fourth-order valence-corrected chi connectivity index (χ4v) is 3.20. The Hall–Kier alpha value is -2.87. The summed E-state index contributed by atoms with van der Waals surface area (Å²) in [6.45, 7) is 0. The molecule has 0 bridgehead atoms. The molecule has 0 unspecified atom stereocenters. The zero-order valence-electron chi connectivity index (χ0n) is 14.2. The highest BCUT2D eigenvalue weighted by Crippen LogP contribution is 2.37. The molecule has 0 fully saturated rings. The predicted molar refractivity (Wildman–Crippen MR) is 101 cm³/mol. The molecule has 4 rings (SSSR count). The molecular formula is C18H16BrN5O2. The fraction of sp³-hybridized carbons (Fsp3) is 0.167. The summed E-state index contributed by atoms with van der Waals surface area (Å²) in [7, 11) is 3.27. The number of rotatable bonds is 4. The average Bonchev–Trinajstić information content (AvgIpc) is 3.16. The lowest BCUT2D eigenvalue weighted by atomic mass is 10.0. The Labute approximate surface area is 158 Å². The molecular weight excluding hydrogens is 398 g/mol. The molecule has 0 amide bonds. The smallest absolute Gasteiger partial charge is 0.248 e. The van der Waals surface area contributed by atoms with Gasteiger partial charge in [0.25, 0.3) is 0 Å². The Bertz CT molecular complexity index is 968. The number of nitrogens with one attached hydrogen (secondary N) is 1. The predicted octanol–water partition coefficient (Wildman–Crippen LogP) is 3.51. The number of allylic oxidation sites excluding steroid dienone is 1. The first-order valence-electron chi connectivity index (χ1n) is 7.94. The number of fused-ring (bicyclic) bond motifs is 1. The van der Waals surface area contributed by atoms with E-state index in [1.807, 2.05) is 42.5 Å².